The van der Waals surface area contributed by atoms with Gasteiger partial charge in [0.25, 0.3) is 0 Å². The van der Waals surface area contributed by atoms with Gasteiger partial charge < -0.3 is 10.5 Å². The Morgan fingerprint density at radius 2 is 2.06 bits per heavy atom. The van der Waals surface area contributed by atoms with Crippen molar-refractivity contribution in [1.29, 1.82) is 0 Å². The lowest BCUT2D eigenvalue weighted by Gasteiger charge is -2.06. The van der Waals surface area contributed by atoms with E-state index in [2.05, 4.69) is 25.7 Å². The quantitative estimate of drug-likeness (QED) is 0.687. The zero-order valence-electron chi connectivity index (χ0n) is 9.61. The number of esters is 1. The Morgan fingerprint density at radius 3 is 2.59 bits per heavy atom. The Kier molecular flexibility index (Phi) is 4.90. The molecule has 17 heavy (non-hydrogen) atoms. The number of halogens is 1. The van der Waals surface area contributed by atoms with Gasteiger partial charge in [-0.3, -0.25) is 4.99 Å². The molecule has 0 aliphatic rings. The van der Waals surface area contributed by atoms with E-state index in [4.69, 9.17) is 5.73 Å². The monoisotopic (exact) mass is 296 g/mol. The minimum atomic E-state index is -0.391. The topological polar surface area (TPSA) is 64.7 Å². The highest BCUT2D eigenvalue weighted by Crippen LogP contribution is 2.21. The average molecular weight is 297 g/mol. The molecule has 0 bridgehead atoms. The number of nitrogens with zero attached hydrogens (tertiary/aromatic N) is 1. The molecule has 0 saturated heterocycles. The molecule has 5 heteroatoms. The van der Waals surface area contributed by atoms with E-state index in [0.717, 1.165) is 15.6 Å². The van der Waals surface area contributed by atoms with Crippen LogP contribution in [0.1, 0.15) is 15.9 Å². The Labute approximate surface area is 108 Å². The number of aliphatic imine (C=N–C) groups is 1. The highest BCUT2D eigenvalue weighted by atomic mass is 79.9. The first-order valence-electron chi connectivity index (χ1n) is 4.85. The molecule has 0 aromatic heterocycles. The number of nitrogens with two attached hydrogens (primary N) is 1. The van der Waals surface area contributed by atoms with Gasteiger partial charge in [-0.1, -0.05) is 15.9 Å². The van der Waals surface area contributed by atoms with Crippen LogP contribution in [0.15, 0.2) is 33.9 Å². The van der Waals surface area contributed by atoms with E-state index in [0.29, 0.717) is 5.56 Å². The van der Waals surface area contributed by atoms with Gasteiger partial charge in [-0.25, -0.2) is 4.79 Å². The molecule has 90 valence electrons. The predicted octanol–water partition coefficient (Wildman–Crippen LogP) is 2.24. The molecule has 0 aliphatic carbocycles. The van der Waals surface area contributed by atoms with Crippen molar-refractivity contribution in [2.45, 2.75) is 0 Å². The van der Waals surface area contributed by atoms with Crippen LogP contribution in [0.25, 0.3) is 5.57 Å². The summed E-state index contributed by atoms with van der Waals surface area (Å²) in [6, 6.07) is 5.25. The van der Waals surface area contributed by atoms with E-state index in [1.165, 1.54) is 13.3 Å². The second kappa shape index (κ2) is 6.20. The van der Waals surface area contributed by atoms with Gasteiger partial charge in [-0.2, -0.15) is 0 Å². The van der Waals surface area contributed by atoms with E-state index in [1.807, 2.05) is 6.07 Å². The number of carbonyl (C=O) groups is 1. The Balaban J connectivity index is 3.26. The second-order valence-electron chi connectivity index (χ2n) is 3.23. The van der Waals surface area contributed by atoms with Crippen molar-refractivity contribution in [3.63, 3.8) is 0 Å². The van der Waals surface area contributed by atoms with Crippen LogP contribution in [-0.2, 0) is 4.74 Å². The minimum Gasteiger partial charge on any atom is -0.465 e. The fraction of sp³-hybridized carbons (Fsp3) is 0.167. The first-order valence-corrected chi connectivity index (χ1v) is 5.65. The van der Waals surface area contributed by atoms with Crippen LogP contribution in [0.5, 0.6) is 0 Å². The Hall–Kier alpha value is -1.62. The molecule has 0 spiro atoms. The van der Waals surface area contributed by atoms with Crippen molar-refractivity contribution in [2.75, 3.05) is 14.2 Å². The van der Waals surface area contributed by atoms with Crippen LogP contribution in [0, 0.1) is 0 Å². The van der Waals surface area contributed by atoms with Gasteiger partial charge in [0.15, 0.2) is 0 Å². The number of hydrogen-bond acceptors (Lipinski definition) is 4. The Morgan fingerprint density at radius 1 is 1.41 bits per heavy atom. The zero-order valence-corrected chi connectivity index (χ0v) is 11.2. The number of rotatable bonds is 3. The molecule has 0 aliphatic heterocycles. The van der Waals surface area contributed by atoms with Crippen LogP contribution in [0.4, 0.5) is 0 Å². The van der Waals surface area contributed by atoms with E-state index in [9.17, 15) is 4.79 Å². The predicted molar refractivity (Wildman–Crippen MR) is 72.1 cm³/mol. The summed E-state index contributed by atoms with van der Waals surface area (Å²) in [6.07, 6.45) is 3.07. The van der Waals surface area contributed by atoms with Gasteiger partial charge in [0.05, 0.1) is 12.7 Å². The Bertz CT molecular complexity index is 481. The van der Waals surface area contributed by atoms with Crippen molar-refractivity contribution in [2.24, 2.45) is 10.7 Å². The maximum atomic E-state index is 11.5. The molecule has 0 heterocycles. The smallest absolute Gasteiger partial charge is 0.337 e. The minimum absolute atomic E-state index is 0.391. The van der Waals surface area contributed by atoms with Crippen molar-refractivity contribution in [3.05, 3.63) is 40.0 Å². The summed E-state index contributed by atoms with van der Waals surface area (Å²) in [5.41, 5.74) is 7.51. The lowest BCUT2D eigenvalue weighted by atomic mass is 10.0. The third-order valence-corrected chi connectivity index (χ3v) is 2.56. The molecule has 2 N–H and O–H groups in total. The van der Waals surface area contributed by atoms with Crippen LogP contribution in [0.3, 0.4) is 0 Å². The van der Waals surface area contributed by atoms with Crippen LogP contribution in [0.2, 0.25) is 0 Å². The number of hydrogen-bond donors (Lipinski definition) is 1. The number of methoxy groups -OCH3 is 1. The van der Waals surface area contributed by atoms with Gasteiger partial charge in [0.1, 0.15) is 0 Å². The van der Waals surface area contributed by atoms with E-state index in [1.54, 1.807) is 25.4 Å². The van der Waals surface area contributed by atoms with Crippen LogP contribution < -0.4 is 5.73 Å². The fourth-order valence-electron chi connectivity index (χ4n) is 1.34. The molecule has 0 atom stereocenters. The third kappa shape index (κ3) is 3.42. The number of allylic oxidation sites excluding steroid dienone is 1. The third-order valence-electron chi connectivity index (χ3n) is 2.10. The zero-order chi connectivity index (χ0) is 12.8. The van der Waals surface area contributed by atoms with Gasteiger partial charge >= 0.3 is 5.97 Å². The fourth-order valence-corrected chi connectivity index (χ4v) is 1.84. The van der Waals surface area contributed by atoms with Crippen molar-refractivity contribution in [3.8, 4) is 0 Å². The van der Waals surface area contributed by atoms with Crippen LogP contribution in [-0.4, -0.2) is 26.3 Å². The number of ether oxygens (including phenoxy) is 1. The van der Waals surface area contributed by atoms with Gasteiger partial charge in [0, 0.05) is 29.5 Å². The summed E-state index contributed by atoms with van der Waals surface area (Å²) in [5.74, 6) is -0.391. The normalized spacial score (nSPS) is 11.8. The van der Waals surface area contributed by atoms with Gasteiger partial charge in [0.2, 0.25) is 0 Å². The first-order chi connectivity index (χ1) is 8.12. The van der Waals surface area contributed by atoms with E-state index < -0.39 is 5.97 Å². The molecular weight excluding hydrogens is 284 g/mol. The molecule has 0 unspecified atom stereocenters. The van der Waals surface area contributed by atoms with Gasteiger partial charge in [-0.05, 0) is 23.8 Å². The summed E-state index contributed by atoms with van der Waals surface area (Å²) < 4.78 is 5.45. The largest absolute Gasteiger partial charge is 0.465 e. The maximum absolute atomic E-state index is 11.5. The molecule has 1 rings (SSSR count). The molecule has 0 amide bonds. The highest BCUT2D eigenvalue weighted by Gasteiger charge is 2.09. The maximum Gasteiger partial charge on any atom is 0.337 e. The molecule has 0 saturated carbocycles. The van der Waals surface area contributed by atoms with Crippen molar-refractivity contribution < 1.29 is 9.53 Å². The molecule has 0 radical (unpaired) electrons. The summed E-state index contributed by atoms with van der Waals surface area (Å²) in [4.78, 5) is 15.4. The number of benzene rings is 1. The number of carbonyl (C=O) groups excluding carboxylic acids is 1. The molecule has 1 aromatic rings. The summed E-state index contributed by atoms with van der Waals surface area (Å²) in [7, 11) is 3.00. The molecule has 1 aromatic carbocycles. The van der Waals surface area contributed by atoms with Crippen LogP contribution >= 0.6 is 15.9 Å². The van der Waals surface area contributed by atoms with E-state index in [-0.39, 0.29) is 0 Å². The summed E-state index contributed by atoms with van der Waals surface area (Å²) in [6.45, 7) is 0. The average Bonchev–Trinajstić information content (AvgIpc) is 2.34. The van der Waals surface area contributed by atoms with Crippen molar-refractivity contribution >= 4 is 33.7 Å². The molecule has 0 fully saturated rings. The first kappa shape index (κ1) is 13.4. The van der Waals surface area contributed by atoms with Crippen molar-refractivity contribution in [1.82, 2.24) is 0 Å². The van der Waals surface area contributed by atoms with Gasteiger partial charge in [-0.15, -0.1) is 0 Å². The van der Waals surface area contributed by atoms with E-state index >= 15 is 0 Å². The molecule has 4 nitrogen and oxygen atoms in total. The molecular formula is C12H13BrN2O2. The highest BCUT2D eigenvalue weighted by molar-refractivity contribution is 9.10. The lowest BCUT2D eigenvalue weighted by molar-refractivity contribution is 0.0600. The summed E-state index contributed by atoms with van der Waals surface area (Å²) in [5, 5.41) is 0. The standard InChI is InChI=1S/C12H13BrN2O2/c1-15-7-10(6-14)8-3-9(12(16)17-2)5-11(13)4-8/h3-7H,14H2,1-2H3/b10-6+,15-7?. The summed E-state index contributed by atoms with van der Waals surface area (Å²) >= 11 is 3.34. The SMILES string of the molecule is CN=C/C(=C\N)c1cc(Br)cc(C(=O)OC)c1. The second-order valence-corrected chi connectivity index (χ2v) is 4.15. The lowest BCUT2D eigenvalue weighted by Crippen LogP contribution is -2.02.